The maximum absolute atomic E-state index is 13.2. The number of nitrogens with zero attached hydrogens (tertiary/aromatic N) is 4. The molecule has 0 aliphatic heterocycles. The predicted molar refractivity (Wildman–Crippen MR) is 60.5 cm³/mol. The topological polar surface area (TPSA) is 69.1 Å². The van der Waals surface area contributed by atoms with Crippen LogP contribution in [0.5, 0.6) is 0 Å². The second kappa shape index (κ2) is 3.73. The summed E-state index contributed by atoms with van der Waals surface area (Å²) in [6, 6.07) is 5.28. The van der Waals surface area contributed by atoms with E-state index in [1.807, 2.05) is 0 Å². The van der Waals surface area contributed by atoms with Gasteiger partial charge in [-0.25, -0.2) is 8.78 Å². The van der Waals surface area contributed by atoms with E-state index >= 15 is 0 Å². The van der Waals surface area contributed by atoms with Crippen LogP contribution in [0.4, 0.5) is 14.5 Å². The molecule has 0 unspecified atom stereocenters. The predicted octanol–water partition coefficient (Wildman–Crippen LogP) is 1.65. The van der Waals surface area contributed by atoms with E-state index in [4.69, 9.17) is 5.73 Å². The van der Waals surface area contributed by atoms with Crippen molar-refractivity contribution in [3.05, 3.63) is 42.1 Å². The molecule has 90 valence electrons. The molecule has 0 radical (unpaired) electrons. The van der Waals surface area contributed by atoms with Crippen molar-refractivity contribution >= 4 is 11.3 Å². The Morgan fingerprint density at radius 2 is 1.89 bits per heavy atom. The second-order valence-corrected chi connectivity index (χ2v) is 3.67. The maximum atomic E-state index is 13.2. The third-order valence-electron chi connectivity index (χ3n) is 2.51. The maximum Gasteiger partial charge on any atom is 0.187 e. The SMILES string of the molecule is Nc1cc(F)c(F)cc1-c1nnc2cccnn12. The number of hydrogen-bond acceptors (Lipinski definition) is 4. The number of aromatic nitrogens is 4. The molecule has 3 rings (SSSR count). The molecule has 18 heavy (non-hydrogen) atoms. The molecule has 0 saturated heterocycles. The lowest BCUT2D eigenvalue weighted by Crippen LogP contribution is -1.99. The smallest absolute Gasteiger partial charge is 0.187 e. The Labute approximate surface area is 99.9 Å². The van der Waals surface area contributed by atoms with Crippen LogP contribution in [0.15, 0.2) is 30.5 Å². The highest BCUT2D eigenvalue weighted by molar-refractivity contribution is 5.72. The number of fused-ring (bicyclic) bond motifs is 1. The monoisotopic (exact) mass is 247 g/mol. The molecule has 3 aromatic rings. The van der Waals surface area contributed by atoms with Crippen molar-refractivity contribution in [3.63, 3.8) is 0 Å². The van der Waals surface area contributed by atoms with Crippen LogP contribution in [-0.4, -0.2) is 19.8 Å². The van der Waals surface area contributed by atoms with Gasteiger partial charge in [0.25, 0.3) is 0 Å². The fourth-order valence-electron chi connectivity index (χ4n) is 1.67. The average molecular weight is 247 g/mol. The third kappa shape index (κ3) is 1.48. The first-order chi connectivity index (χ1) is 8.66. The minimum atomic E-state index is -1.00. The highest BCUT2D eigenvalue weighted by Crippen LogP contribution is 2.26. The van der Waals surface area contributed by atoms with Crippen molar-refractivity contribution in [2.24, 2.45) is 0 Å². The summed E-state index contributed by atoms with van der Waals surface area (Å²) in [5.41, 5.74) is 6.48. The Kier molecular flexibility index (Phi) is 2.19. The van der Waals surface area contributed by atoms with Gasteiger partial charge in [0.15, 0.2) is 23.1 Å². The Morgan fingerprint density at radius 1 is 1.11 bits per heavy atom. The van der Waals surface area contributed by atoms with Crippen LogP contribution in [0.1, 0.15) is 0 Å². The zero-order chi connectivity index (χ0) is 12.7. The van der Waals surface area contributed by atoms with Crippen LogP contribution >= 0.6 is 0 Å². The fraction of sp³-hybridized carbons (Fsp3) is 0. The van der Waals surface area contributed by atoms with Gasteiger partial charge in [-0.2, -0.15) is 9.61 Å². The first kappa shape index (κ1) is 10.6. The molecule has 1 aromatic carbocycles. The first-order valence-corrected chi connectivity index (χ1v) is 5.08. The van der Waals surface area contributed by atoms with Crippen molar-refractivity contribution < 1.29 is 8.78 Å². The molecular weight excluding hydrogens is 240 g/mol. The number of benzene rings is 1. The number of nitrogen functional groups attached to an aromatic ring is 1. The van der Waals surface area contributed by atoms with Gasteiger partial charge in [-0.05, 0) is 18.2 Å². The molecule has 0 spiro atoms. The number of anilines is 1. The molecule has 0 amide bonds. The van der Waals surface area contributed by atoms with Gasteiger partial charge in [0.1, 0.15) is 0 Å². The van der Waals surface area contributed by atoms with Crippen LogP contribution in [0, 0.1) is 11.6 Å². The van der Waals surface area contributed by atoms with Gasteiger partial charge in [0.05, 0.1) is 0 Å². The minimum absolute atomic E-state index is 0.0776. The molecule has 2 N–H and O–H groups in total. The van der Waals surface area contributed by atoms with E-state index in [-0.39, 0.29) is 17.1 Å². The van der Waals surface area contributed by atoms with Gasteiger partial charge in [-0.1, -0.05) is 0 Å². The van der Waals surface area contributed by atoms with Crippen LogP contribution in [0.2, 0.25) is 0 Å². The zero-order valence-corrected chi connectivity index (χ0v) is 9.01. The van der Waals surface area contributed by atoms with E-state index in [1.165, 1.54) is 10.7 Å². The molecule has 0 saturated carbocycles. The quantitative estimate of drug-likeness (QED) is 0.664. The number of nitrogens with two attached hydrogens (primary N) is 1. The normalized spacial score (nSPS) is 11.0. The number of rotatable bonds is 1. The van der Waals surface area contributed by atoms with Gasteiger partial charge >= 0.3 is 0 Å². The summed E-state index contributed by atoms with van der Waals surface area (Å²) in [4.78, 5) is 0. The molecule has 0 aliphatic carbocycles. The second-order valence-electron chi connectivity index (χ2n) is 3.67. The number of halogens is 2. The van der Waals surface area contributed by atoms with Crippen LogP contribution in [0.3, 0.4) is 0 Å². The minimum Gasteiger partial charge on any atom is -0.398 e. The summed E-state index contributed by atoms with van der Waals surface area (Å²) in [6.45, 7) is 0. The van der Waals surface area contributed by atoms with E-state index in [0.717, 1.165) is 12.1 Å². The van der Waals surface area contributed by atoms with Crippen molar-refractivity contribution in [1.29, 1.82) is 0 Å². The molecule has 0 atom stereocenters. The van der Waals surface area contributed by atoms with Crippen LogP contribution < -0.4 is 5.73 Å². The fourth-order valence-corrected chi connectivity index (χ4v) is 1.67. The highest BCUT2D eigenvalue weighted by atomic mass is 19.2. The van der Waals surface area contributed by atoms with E-state index < -0.39 is 11.6 Å². The highest BCUT2D eigenvalue weighted by Gasteiger charge is 2.15. The summed E-state index contributed by atoms with van der Waals surface area (Å²) in [5, 5.41) is 11.8. The summed E-state index contributed by atoms with van der Waals surface area (Å²) in [6.07, 6.45) is 1.54. The molecule has 2 heterocycles. The Bertz CT molecular complexity index is 737. The third-order valence-corrected chi connectivity index (χ3v) is 2.51. The summed E-state index contributed by atoms with van der Waals surface area (Å²) in [7, 11) is 0. The Hall–Kier alpha value is -2.57. The van der Waals surface area contributed by atoms with Crippen molar-refractivity contribution in [3.8, 4) is 11.4 Å². The van der Waals surface area contributed by atoms with E-state index in [0.29, 0.717) is 5.65 Å². The van der Waals surface area contributed by atoms with E-state index in [1.54, 1.807) is 12.1 Å². The molecule has 5 nitrogen and oxygen atoms in total. The van der Waals surface area contributed by atoms with E-state index in [2.05, 4.69) is 15.3 Å². The van der Waals surface area contributed by atoms with Gasteiger partial charge < -0.3 is 5.73 Å². The lowest BCUT2D eigenvalue weighted by atomic mass is 10.1. The number of hydrogen-bond donors (Lipinski definition) is 1. The van der Waals surface area contributed by atoms with Crippen LogP contribution in [-0.2, 0) is 0 Å². The molecule has 0 aliphatic rings. The lowest BCUT2D eigenvalue weighted by Gasteiger charge is -2.04. The lowest BCUT2D eigenvalue weighted by molar-refractivity contribution is 0.509. The zero-order valence-electron chi connectivity index (χ0n) is 9.01. The molecular formula is C11H7F2N5. The summed E-state index contributed by atoms with van der Waals surface area (Å²) < 4.78 is 27.7. The largest absolute Gasteiger partial charge is 0.398 e. The molecule has 7 heteroatoms. The van der Waals surface area contributed by atoms with Gasteiger partial charge in [0, 0.05) is 23.5 Å². The summed E-state index contributed by atoms with van der Waals surface area (Å²) in [5.74, 6) is -1.73. The van der Waals surface area contributed by atoms with Gasteiger partial charge in [-0.3, -0.25) is 0 Å². The van der Waals surface area contributed by atoms with Gasteiger partial charge in [-0.15, -0.1) is 10.2 Å². The molecule has 0 fully saturated rings. The van der Waals surface area contributed by atoms with Gasteiger partial charge in [0.2, 0.25) is 0 Å². The van der Waals surface area contributed by atoms with Crippen molar-refractivity contribution in [1.82, 2.24) is 19.8 Å². The standard InChI is InChI=1S/C11H7F2N5/c12-7-4-6(9(14)5-8(7)13)11-17-16-10-2-1-3-15-18(10)11/h1-5H,14H2. The van der Waals surface area contributed by atoms with E-state index in [9.17, 15) is 8.78 Å². The summed E-state index contributed by atoms with van der Waals surface area (Å²) >= 11 is 0. The Balaban J connectivity index is 2.29. The molecule has 2 aromatic heterocycles. The average Bonchev–Trinajstić information content (AvgIpc) is 2.78. The van der Waals surface area contributed by atoms with Crippen molar-refractivity contribution in [2.75, 3.05) is 5.73 Å². The van der Waals surface area contributed by atoms with Crippen LogP contribution in [0.25, 0.3) is 17.0 Å². The molecule has 0 bridgehead atoms. The van der Waals surface area contributed by atoms with Crippen molar-refractivity contribution in [2.45, 2.75) is 0 Å². The first-order valence-electron chi connectivity index (χ1n) is 5.08. The Morgan fingerprint density at radius 3 is 2.72 bits per heavy atom.